The van der Waals surface area contributed by atoms with Crippen LogP contribution in [0.25, 0.3) is 0 Å². The highest BCUT2D eigenvalue weighted by atomic mass is 32.2. The topological polar surface area (TPSA) is 72.5 Å². The summed E-state index contributed by atoms with van der Waals surface area (Å²) in [5.74, 6) is -0.663. The Morgan fingerprint density at radius 2 is 1.70 bits per heavy atom. The molecule has 2 aromatic carbocycles. The number of ether oxygens (including phenoxy) is 1. The maximum Gasteiger partial charge on any atom is 0.328 e. The van der Waals surface area contributed by atoms with Gasteiger partial charge in [-0.2, -0.15) is 4.72 Å². The van der Waals surface area contributed by atoms with E-state index < -0.39 is 22.0 Å². The summed E-state index contributed by atoms with van der Waals surface area (Å²) in [4.78, 5) is 12.1. The van der Waals surface area contributed by atoms with Crippen molar-refractivity contribution in [2.45, 2.75) is 24.8 Å². The Kier molecular flexibility index (Phi) is 5.18. The predicted octanol–water partition coefficient (Wildman–Crippen LogP) is 2.50. The van der Waals surface area contributed by atoms with Crippen molar-refractivity contribution in [2.24, 2.45) is 0 Å². The molecule has 1 unspecified atom stereocenters. The average Bonchev–Trinajstić information content (AvgIpc) is 2.55. The molecule has 1 N–H and O–H groups in total. The summed E-state index contributed by atoms with van der Waals surface area (Å²) in [5, 5.41) is 0. The van der Waals surface area contributed by atoms with E-state index >= 15 is 0 Å². The summed E-state index contributed by atoms with van der Waals surface area (Å²) in [6.07, 6.45) is 0. The molecule has 2 rings (SSSR count). The minimum Gasteiger partial charge on any atom is -0.468 e. The van der Waals surface area contributed by atoms with E-state index in [1.165, 1.54) is 13.2 Å². The van der Waals surface area contributed by atoms with E-state index in [0.29, 0.717) is 5.56 Å². The van der Waals surface area contributed by atoms with Crippen LogP contribution < -0.4 is 4.72 Å². The predicted molar refractivity (Wildman–Crippen MR) is 87.4 cm³/mol. The van der Waals surface area contributed by atoms with Crippen molar-refractivity contribution in [2.75, 3.05) is 7.11 Å². The highest BCUT2D eigenvalue weighted by Crippen LogP contribution is 2.20. The normalized spacial score (nSPS) is 12.7. The van der Waals surface area contributed by atoms with Gasteiger partial charge in [-0.05, 0) is 42.7 Å². The molecule has 0 radical (unpaired) electrons. The molecule has 0 aromatic heterocycles. The summed E-state index contributed by atoms with van der Waals surface area (Å²) < 4.78 is 32.3. The van der Waals surface area contributed by atoms with E-state index in [1.807, 2.05) is 13.8 Å². The summed E-state index contributed by atoms with van der Waals surface area (Å²) in [6.45, 7) is 3.74. The first-order chi connectivity index (χ1) is 10.8. The molecular formula is C17H19NO4S. The van der Waals surface area contributed by atoms with E-state index in [9.17, 15) is 13.2 Å². The third-order valence-corrected chi connectivity index (χ3v) is 5.05. The highest BCUT2D eigenvalue weighted by molar-refractivity contribution is 7.89. The Morgan fingerprint density at radius 1 is 1.04 bits per heavy atom. The second kappa shape index (κ2) is 6.93. The number of hydrogen-bond acceptors (Lipinski definition) is 4. The minimum atomic E-state index is -3.85. The van der Waals surface area contributed by atoms with Gasteiger partial charge < -0.3 is 4.74 Å². The molecule has 122 valence electrons. The molecule has 2 aromatic rings. The fraction of sp³-hybridized carbons (Fsp3) is 0.235. The van der Waals surface area contributed by atoms with Gasteiger partial charge in [-0.1, -0.05) is 36.4 Å². The smallest absolute Gasteiger partial charge is 0.328 e. The molecule has 5 nitrogen and oxygen atoms in total. The van der Waals surface area contributed by atoms with Crippen LogP contribution in [0.1, 0.15) is 22.7 Å². The number of benzene rings is 2. The highest BCUT2D eigenvalue weighted by Gasteiger charge is 2.28. The quantitative estimate of drug-likeness (QED) is 0.853. The van der Waals surface area contributed by atoms with Gasteiger partial charge in [0.2, 0.25) is 10.0 Å². The van der Waals surface area contributed by atoms with Gasteiger partial charge in [0.15, 0.2) is 0 Å². The van der Waals surface area contributed by atoms with Crippen molar-refractivity contribution < 1.29 is 17.9 Å². The number of carbonyl (C=O) groups excluding carboxylic acids is 1. The number of hydrogen-bond donors (Lipinski definition) is 1. The first-order valence-electron chi connectivity index (χ1n) is 7.07. The fourth-order valence-corrected chi connectivity index (χ4v) is 3.38. The van der Waals surface area contributed by atoms with Gasteiger partial charge in [-0.15, -0.1) is 0 Å². The summed E-state index contributed by atoms with van der Waals surface area (Å²) in [6, 6.07) is 12.3. The van der Waals surface area contributed by atoms with Crippen molar-refractivity contribution in [3.05, 3.63) is 65.2 Å². The van der Waals surface area contributed by atoms with Crippen molar-refractivity contribution in [3.63, 3.8) is 0 Å². The van der Waals surface area contributed by atoms with Gasteiger partial charge in [-0.25, -0.2) is 13.2 Å². The summed E-state index contributed by atoms with van der Waals surface area (Å²) >= 11 is 0. The summed E-state index contributed by atoms with van der Waals surface area (Å²) in [7, 11) is -2.63. The van der Waals surface area contributed by atoms with E-state index in [4.69, 9.17) is 4.74 Å². The van der Waals surface area contributed by atoms with E-state index in [2.05, 4.69) is 4.72 Å². The zero-order chi connectivity index (χ0) is 17.0. The van der Waals surface area contributed by atoms with E-state index in [1.54, 1.807) is 42.5 Å². The Balaban J connectivity index is 2.38. The second-order valence-electron chi connectivity index (χ2n) is 5.23. The maximum atomic E-state index is 12.6. The molecule has 1 atom stereocenters. The molecule has 0 bridgehead atoms. The SMILES string of the molecule is COC(=O)C(NS(=O)(=O)c1ccc(C)c(C)c1)c1ccccc1. The molecular weight excluding hydrogens is 314 g/mol. The van der Waals surface area contributed by atoms with Crippen molar-refractivity contribution in [1.29, 1.82) is 0 Å². The molecule has 0 spiro atoms. The average molecular weight is 333 g/mol. The van der Waals surface area contributed by atoms with E-state index in [-0.39, 0.29) is 4.90 Å². The van der Waals surface area contributed by atoms with Gasteiger partial charge in [-0.3, -0.25) is 0 Å². The maximum absolute atomic E-state index is 12.6. The molecule has 0 aliphatic carbocycles. The van der Waals surface area contributed by atoms with Crippen LogP contribution >= 0.6 is 0 Å². The number of rotatable bonds is 5. The largest absolute Gasteiger partial charge is 0.468 e. The van der Waals surface area contributed by atoms with Crippen molar-refractivity contribution in [1.82, 2.24) is 4.72 Å². The monoisotopic (exact) mass is 333 g/mol. The Morgan fingerprint density at radius 3 is 2.26 bits per heavy atom. The first kappa shape index (κ1) is 17.2. The molecule has 6 heteroatoms. The van der Waals surface area contributed by atoms with Crippen LogP contribution in [0.3, 0.4) is 0 Å². The lowest BCUT2D eigenvalue weighted by atomic mass is 10.1. The lowest BCUT2D eigenvalue weighted by Gasteiger charge is -2.17. The van der Waals surface area contributed by atoms with Crippen LogP contribution in [0.5, 0.6) is 0 Å². The Labute approximate surface area is 136 Å². The first-order valence-corrected chi connectivity index (χ1v) is 8.56. The molecule has 0 amide bonds. The fourth-order valence-electron chi connectivity index (χ4n) is 2.12. The number of methoxy groups -OCH3 is 1. The van der Waals surface area contributed by atoms with Crippen molar-refractivity contribution in [3.8, 4) is 0 Å². The van der Waals surface area contributed by atoms with Gasteiger partial charge in [0.05, 0.1) is 12.0 Å². The third-order valence-electron chi connectivity index (χ3n) is 3.63. The standard InChI is InChI=1S/C17H19NO4S/c1-12-9-10-15(11-13(12)2)23(20,21)18-16(17(19)22-3)14-7-5-4-6-8-14/h4-11,16,18H,1-3H3. The minimum absolute atomic E-state index is 0.116. The zero-order valence-corrected chi connectivity index (χ0v) is 14.1. The van der Waals surface area contributed by atoms with Crippen LogP contribution in [0, 0.1) is 13.8 Å². The van der Waals surface area contributed by atoms with Gasteiger partial charge in [0.1, 0.15) is 6.04 Å². The molecule has 23 heavy (non-hydrogen) atoms. The summed E-state index contributed by atoms with van der Waals surface area (Å²) in [5.41, 5.74) is 2.38. The zero-order valence-electron chi connectivity index (χ0n) is 13.2. The molecule has 0 aliphatic heterocycles. The Hall–Kier alpha value is -2.18. The number of nitrogens with one attached hydrogen (secondary N) is 1. The number of sulfonamides is 1. The van der Waals surface area contributed by atoms with Crippen LogP contribution in [0.15, 0.2) is 53.4 Å². The lowest BCUT2D eigenvalue weighted by Crippen LogP contribution is -2.34. The number of carbonyl (C=O) groups is 1. The molecule has 0 aliphatic rings. The van der Waals surface area contributed by atoms with Gasteiger partial charge in [0, 0.05) is 0 Å². The van der Waals surface area contributed by atoms with Crippen molar-refractivity contribution >= 4 is 16.0 Å². The molecule has 0 saturated heterocycles. The Bertz CT molecular complexity index is 801. The second-order valence-corrected chi connectivity index (χ2v) is 6.95. The number of aryl methyl sites for hydroxylation is 2. The molecule has 0 fully saturated rings. The van der Waals surface area contributed by atoms with E-state index in [0.717, 1.165) is 11.1 Å². The van der Waals surface area contributed by atoms with Crippen LogP contribution in [-0.4, -0.2) is 21.5 Å². The van der Waals surface area contributed by atoms with Gasteiger partial charge in [0.25, 0.3) is 0 Å². The number of esters is 1. The van der Waals surface area contributed by atoms with Crippen LogP contribution in [-0.2, 0) is 19.6 Å². The lowest BCUT2D eigenvalue weighted by molar-refractivity contribution is -0.142. The van der Waals surface area contributed by atoms with Crippen LogP contribution in [0.4, 0.5) is 0 Å². The molecule has 0 saturated carbocycles. The molecule has 0 heterocycles. The van der Waals surface area contributed by atoms with Crippen LogP contribution in [0.2, 0.25) is 0 Å². The van der Waals surface area contributed by atoms with Gasteiger partial charge >= 0.3 is 5.97 Å². The third kappa shape index (κ3) is 3.97.